The topological polar surface area (TPSA) is 78.4 Å². The van der Waals surface area contributed by atoms with E-state index in [0.29, 0.717) is 12.1 Å². The van der Waals surface area contributed by atoms with E-state index >= 15 is 0 Å². The van der Waals surface area contributed by atoms with Crippen molar-refractivity contribution in [2.45, 2.75) is 31.2 Å². The Bertz CT molecular complexity index is 763. The van der Waals surface area contributed by atoms with Gasteiger partial charge in [0, 0.05) is 0 Å². The molecule has 0 aliphatic heterocycles. The van der Waals surface area contributed by atoms with Gasteiger partial charge in [0.05, 0.1) is 0 Å². The molecule has 0 aliphatic rings. The third-order valence-electron chi connectivity index (χ3n) is 3.67. The first-order valence-electron chi connectivity index (χ1n) is 8.07. The first kappa shape index (κ1) is 20.5. The fraction of sp³-hybridized carbons (Fsp3) is 0.263. The molecule has 26 heavy (non-hydrogen) atoms. The van der Waals surface area contributed by atoms with Crippen LogP contribution in [-0.2, 0) is 11.3 Å². The van der Waals surface area contributed by atoms with Gasteiger partial charge in [0.1, 0.15) is 0 Å². The van der Waals surface area contributed by atoms with E-state index in [1.165, 1.54) is 0 Å². The van der Waals surface area contributed by atoms with Gasteiger partial charge in [0.25, 0.3) is 0 Å². The van der Waals surface area contributed by atoms with Crippen molar-refractivity contribution in [2.24, 2.45) is 0 Å². The first-order valence-corrected chi connectivity index (χ1v) is 10.2. The average Bonchev–Trinajstić information content (AvgIpc) is 2.59. The summed E-state index contributed by atoms with van der Waals surface area (Å²) in [5, 5.41) is 12.3. The quantitative estimate of drug-likeness (QED) is 0.374. The van der Waals surface area contributed by atoms with Crippen molar-refractivity contribution in [1.82, 2.24) is 9.65 Å². The molecule has 3 N–H and O–H groups in total. The van der Waals surface area contributed by atoms with Crippen LogP contribution in [0.15, 0.2) is 54.6 Å². The van der Waals surface area contributed by atoms with Gasteiger partial charge in [-0.2, -0.15) is 0 Å². The minimum atomic E-state index is -0.960. The number of aliphatic carboxylic acids is 1. The third-order valence-corrected chi connectivity index (χ3v) is 5.88. The molecule has 0 aromatic heterocycles. The van der Waals surface area contributed by atoms with E-state index < -0.39 is 16.8 Å². The van der Waals surface area contributed by atoms with Gasteiger partial charge in [-0.15, -0.1) is 0 Å². The van der Waals surface area contributed by atoms with E-state index in [0.717, 1.165) is 10.0 Å². The van der Waals surface area contributed by atoms with Gasteiger partial charge in [-0.25, -0.2) is 0 Å². The average molecular weight is 437 g/mol. The standard InChI is InChI=1S/C19H22N2O3SSe/c1-19(2,25)16(18(23)24)21-26-15-11-7-6-10-14(15)17(22)20-12-13-8-4-3-5-9-13/h3-11,16,21,25H,12H2,1-2H3,(H,20,22)(H,23,24)/t16-/m0/s1. The van der Waals surface area contributed by atoms with Crippen LogP contribution in [-0.4, -0.2) is 42.9 Å². The number of benzene rings is 2. The molecule has 0 fully saturated rings. The third kappa shape index (κ3) is 5.88. The second-order valence-electron chi connectivity index (χ2n) is 6.31. The normalized spacial score (nSPS) is 12.4. The predicted molar refractivity (Wildman–Crippen MR) is 107 cm³/mol. The Morgan fingerprint density at radius 1 is 1.12 bits per heavy atom. The van der Waals surface area contributed by atoms with Crippen LogP contribution in [0, 0.1) is 0 Å². The van der Waals surface area contributed by atoms with Crippen LogP contribution in [0.5, 0.6) is 0 Å². The van der Waals surface area contributed by atoms with E-state index in [4.69, 9.17) is 0 Å². The second kappa shape index (κ2) is 9.23. The fourth-order valence-corrected chi connectivity index (χ4v) is 4.83. The number of carboxylic acid groups (broad SMARTS) is 1. The maximum absolute atomic E-state index is 12.6. The molecule has 1 amide bonds. The zero-order chi connectivity index (χ0) is 19.2. The van der Waals surface area contributed by atoms with Crippen molar-refractivity contribution in [3.63, 3.8) is 0 Å². The summed E-state index contributed by atoms with van der Waals surface area (Å²) in [4.78, 5) is 24.0. The van der Waals surface area contributed by atoms with Crippen molar-refractivity contribution < 1.29 is 14.7 Å². The SMILES string of the molecule is CC(C)(S)[C@@H](N[Se]c1ccccc1C(=O)NCc1ccccc1)C(=O)O. The van der Waals surface area contributed by atoms with Gasteiger partial charge in [0.2, 0.25) is 0 Å². The molecular formula is C19H22N2O3SSe. The molecule has 0 saturated carbocycles. The molecule has 2 rings (SSSR count). The van der Waals surface area contributed by atoms with Crippen molar-refractivity contribution in [3.8, 4) is 0 Å². The molecule has 0 bridgehead atoms. The molecule has 0 aliphatic carbocycles. The molecule has 0 unspecified atom stereocenters. The Balaban J connectivity index is 2.07. The number of amides is 1. The van der Waals surface area contributed by atoms with E-state index in [2.05, 4.69) is 22.3 Å². The summed E-state index contributed by atoms with van der Waals surface area (Å²) in [6.07, 6.45) is 0. The summed E-state index contributed by atoms with van der Waals surface area (Å²) in [5.41, 5.74) is 1.57. The van der Waals surface area contributed by atoms with E-state index in [1.54, 1.807) is 26.0 Å². The van der Waals surface area contributed by atoms with Crippen LogP contribution in [0.25, 0.3) is 0 Å². The Labute approximate surface area is 165 Å². The van der Waals surface area contributed by atoms with Gasteiger partial charge < -0.3 is 0 Å². The number of carboxylic acids is 1. The number of rotatable bonds is 8. The summed E-state index contributed by atoms with van der Waals surface area (Å²) in [7, 11) is 0. The van der Waals surface area contributed by atoms with Crippen molar-refractivity contribution in [3.05, 3.63) is 65.7 Å². The van der Waals surface area contributed by atoms with E-state index in [-0.39, 0.29) is 21.1 Å². The Morgan fingerprint density at radius 2 is 1.73 bits per heavy atom. The molecular weight excluding hydrogens is 415 g/mol. The minimum absolute atomic E-state index is 0.176. The van der Waals surface area contributed by atoms with Crippen LogP contribution >= 0.6 is 12.6 Å². The van der Waals surface area contributed by atoms with Crippen LogP contribution in [0.4, 0.5) is 0 Å². The van der Waals surface area contributed by atoms with Gasteiger partial charge in [-0.05, 0) is 0 Å². The Kier molecular flexibility index (Phi) is 7.29. The maximum atomic E-state index is 12.6. The summed E-state index contributed by atoms with van der Waals surface area (Å²) in [6, 6.07) is 16.1. The monoisotopic (exact) mass is 438 g/mol. The van der Waals surface area contributed by atoms with Crippen LogP contribution < -0.4 is 14.1 Å². The second-order valence-corrected chi connectivity index (χ2v) is 9.31. The molecule has 0 heterocycles. The molecule has 2 aromatic carbocycles. The van der Waals surface area contributed by atoms with Crippen LogP contribution in [0.1, 0.15) is 29.8 Å². The Hall–Kier alpha value is -1.79. The zero-order valence-corrected chi connectivity index (χ0v) is 17.2. The van der Waals surface area contributed by atoms with Gasteiger partial charge in [-0.3, -0.25) is 0 Å². The van der Waals surface area contributed by atoms with Crippen molar-refractivity contribution in [2.75, 3.05) is 0 Å². The molecule has 0 spiro atoms. The zero-order valence-electron chi connectivity index (χ0n) is 14.6. The molecule has 7 heteroatoms. The molecule has 2 aromatic rings. The first-order chi connectivity index (χ1) is 12.3. The van der Waals surface area contributed by atoms with Crippen LogP contribution in [0.3, 0.4) is 0 Å². The number of nitrogens with one attached hydrogen (secondary N) is 2. The Morgan fingerprint density at radius 3 is 2.35 bits per heavy atom. The van der Waals surface area contributed by atoms with Gasteiger partial charge in [0.15, 0.2) is 0 Å². The summed E-state index contributed by atoms with van der Waals surface area (Å²) in [6.45, 7) is 3.93. The number of thiol groups is 1. The predicted octanol–water partition coefficient (Wildman–Crippen LogP) is 1.61. The number of hydrogen-bond acceptors (Lipinski definition) is 4. The number of carbonyl (C=O) groups excluding carboxylic acids is 1. The summed E-state index contributed by atoms with van der Waals surface area (Å²) < 4.78 is 3.13. The molecule has 0 radical (unpaired) electrons. The van der Waals surface area contributed by atoms with E-state index in [9.17, 15) is 14.7 Å². The summed E-state index contributed by atoms with van der Waals surface area (Å²) >= 11 is 3.98. The molecule has 5 nitrogen and oxygen atoms in total. The van der Waals surface area contributed by atoms with Crippen molar-refractivity contribution in [1.29, 1.82) is 0 Å². The fourth-order valence-electron chi connectivity index (χ4n) is 2.24. The number of carbonyl (C=O) groups is 2. The van der Waals surface area contributed by atoms with Crippen LogP contribution in [0.2, 0.25) is 0 Å². The van der Waals surface area contributed by atoms with Gasteiger partial charge in [-0.1, -0.05) is 0 Å². The number of hydrogen-bond donors (Lipinski definition) is 4. The summed E-state index contributed by atoms with van der Waals surface area (Å²) in [5.74, 6) is -1.14. The molecule has 1 atom stereocenters. The molecule has 138 valence electrons. The van der Waals surface area contributed by atoms with Crippen molar-refractivity contribution >= 4 is 44.1 Å². The molecule has 0 saturated heterocycles. The van der Waals surface area contributed by atoms with Gasteiger partial charge >= 0.3 is 165 Å². The van der Waals surface area contributed by atoms with E-state index in [1.807, 2.05) is 42.5 Å².